The Bertz CT molecular complexity index is 1240. The highest BCUT2D eigenvalue weighted by atomic mass is 16.5. The van der Waals surface area contributed by atoms with Gasteiger partial charge in [0.25, 0.3) is 5.91 Å². The molecule has 0 bridgehead atoms. The van der Waals surface area contributed by atoms with Crippen LogP contribution < -0.4 is 25.2 Å². The van der Waals surface area contributed by atoms with Gasteiger partial charge in [0, 0.05) is 35.2 Å². The zero-order valence-corrected chi connectivity index (χ0v) is 18.1. The average molecular weight is 437 g/mol. The summed E-state index contributed by atoms with van der Waals surface area (Å²) in [5.41, 5.74) is 0.00195. The van der Waals surface area contributed by atoms with Crippen LogP contribution >= 0.6 is 0 Å². The fourth-order valence-corrected chi connectivity index (χ4v) is 2.92. The van der Waals surface area contributed by atoms with Crippen LogP contribution in [0.15, 0.2) is 57.8 Å². The van der Waals surface area contributed by atoms with E-state index >= 15 is 0 Å². The number of rotatable bonds is 7. The summed E-state index contributed by atoms with van der Waals surface area (Å²) in [7, 11) is 3.07. The number of fused-ring (bicyclic) bond motifs is 1. The van der Waals surface area contributed by atoms with E-state index in [1.165, 1.54) is 25.3 Å². The van der Waals surface area contributed by atoms with Gasteiger partial charge in [-0.2, -0.15) is 0 Å². The summed E-state index contributed by atoms with van der Waals surface area (Å²) in [6.45, 7) is 3.58. The van der Waals surface area contributed by atoms with Crippen LogP contribution in [0.1, 0.15) is 29.8 Å². The maximum Gasteiger partial charge on any atom is 0.349 e. The Morgan fingerprint density at radius 3 is 2.44 bits per heavy atom. The van der Waals surface area contributed by atoms with Gasteiger partial charge in [-0.1, -0.05) is 0 Å². The lowest BCUT2D eigenvalue weighted by atomic mass is 10.1. The highest BCUT2D eigenvalue weighted by molar-refractivity contribution is 5.97. The zero-order valence-electron chi connectivity index (χ0n) is 18.1. The molecule has 1 aromatic heterocycles. The maximum atomic E-state index is 12.2. The quantitative estimate of drug-likeness (QED) is 0.261. The van der Waals surface area contributed by atoms with Crippen LogP contribution in [0, 0.1) is 0 Å². The Morgan fingerprint density at radius 1 is 1.00 bits per heavy atom. The number of nitrogens with one attached hydrogen (secondary N) is 1. The topological polar surface area (TPSA) is 104 Å². The van der Waals surface area contributed by atoms with Gasteiger partial charge in [0.05, 0.1) is 14.2 Å². The van der Waals surface area contributed by atoms with Gasteiger partial charge in [0.2, 0.25) is 0 Å². The number of methoxy groups -OCH3 is 2. The molecule has 0 aliphatic carbocycles. The Kier molecular flexibility index (Phi) is 6.94. The van der Waals surface area contributed by atoms with Crippen molar-refractivity contribution in [2.24, 2.45) is 0 Å². The molecule has 3 aromatic rings. The smallest absolute Gasteiger partial charge is 0.349 e. The summed E-state index contributed by atoms with van der Waals surface area (Å²) in [5, 5.41) is 3.18. The number of benzene rings is 2. The second-order valence-corrected chi connectivity index (χ2v) is 7.14. The molecular formula is C24H23NO7. The number of hydrogen-bond donors (Lipinski definition) is 1. The third-order valence-electron chi connectivity index (χ3n) is 4.43. The summed E-state index contributed by atoms with van der Waals surface area (Å²) >= 11 is 0. The monoisotopic (exact) mass is 437 g/mol. The predicted molar refractivity (Wildman–Crippen MR) is 119 cm³/mol. The molecule has 0 spiro atoms. The van der Waals surface area contributed by atoms with Gasteiger partial charge in [-0.05, 0) is 50.3 Å². The molecule has 0 atom stereocenters. The lowest BCUT2D eigenvalue weighted by Gasteiger charge is -2.08. The van der Waals surface area contributed by atoms with Crippen LogP contribution in [-0.4, -0.2) is 32.1 Å². The van der Waals surface area contributed by atoms with E-state index in [9.17, 15) is 14.4 Å². The molecule has 0 radical (unpaired) electrons. The number of carbonyl (C=O) groups excluding carboxylic acids is 2. The van der Waals surface area contributed by atoms with E-state index in [2.05, 4.69) is 5.32 Å². The van der Waals surface area contributed by atoms with Crippen LogP contribution in [0.5, 0.6) is 17.2 Å². The molecule has 3 rings (SSSR count). The first-order chi connectivity index (χ1) is 15.3. The summed E-state index contributed by atoms with van der Waals surface area (Å²) in [5.74, 6) is 0.224. The molecule has 0 aliphatic rings. The van der Waals surface area contributed by atoms with E-state index in [1.807, 2.05) is 0 Å². The second-order valence-electron chi connectivity index (χ2n) is 7.14. The fraction of sp³-hybridized carbons (Fsp3) is 0.208. The highest BCUT2D eigenvalue weighted by Gasteiger charge is 2.15. The normalized spacial score (nSPS) is 11.0. The number of hydrogen-bond acceptors (Lipinski definition) is 7. The predicted octanol–water partition coefficient (Wildman–Crippen LogP) is 3.57. The molecule has 32 heavy (non-hydrogen) atoms. The van der Waals surface area contributed by atoms with Crippen molar-refractivity contribution in [2.45, 2.75) is 19.9 Å². The third kappa shape index (κ3) is 5.34. The van der Waals surface area contributed by atoms with E-state index in [4.69, 9.17) is 18.6 Å². The Balaban J connectivity index is 1.77. The van der Waals surface area contributed by atoms with E-state index in [1.54, 1.807) is 57.4 Å². The minimum Gasteiger partial charge on any atom is -0.497 e. The molecule has 0 saturated carbocycles. The van der Waals surface area contributed by atoms with Crippen molar-refractivity contribution in [3.05, 3.63) is 70.1 Å². The van der Waals surface area contributed by atoms with Gasteiger partial charge in [-0.15, -0.1) is 0 Å². The first kappa shape index (κ1) is 22.6. The Morgan fingerprint density at radius 2 is 1.75 bits per heavy atom. The zero-order chi connectivity index (χ0) is 23.3. The van der Waals surface area contributed by atoms with E-state index in [0.717, 1.165) is 0 Å². The molecular weight excluding hydrogens is 414 g/mol. The van der Waals surface area contributed by atoms with Crippen molar-refractivity contribution in [1.29, 1.82) is 0 Å². The molecule has 0 saturated heterocycles. The van der Waals surface area contributed by atoms with Crippen molar-refractivity contribution < 1.29 is 28.2 Å². The van der Waals surface area contributed by atoms with Crippen LogP contribution in [0.2, 0.25) is 0 Å². The van der Waals surface area contributed by atoms with Gasteiger partial charge in [0.1, 0.15) is 28.4 Å². The van der Waals surface area contributed by atoms with Gasteiger partial charge in [0.15, 0.2) is 0 Å². The van der Waals surface area contributed by atoms with Crippen LogP contribution in [0.25, 0.3) is 17.0 Å². The number of esters is 1. The van der Waals surface area contributed by atoms with Gasteiger partial charge < -0.3 is 23.9 Å². The molecule has 0 aliphatic heterocycles. The van der Waals surface area contributed by atoms with E-state index in [-0.39, 0.29) is 22.9 Å². The molecule has 1 heterocycles. The van der Waals surface area contributed by atoms with Crippen LogP contribution in [0.4, 0.5) is 0 Å². The molecule has 1 N–H and O–H groups in total. The summed E-state index contributed by atoms with van der Waals surface area (Å²) < 4.78 is 21.0. The second kappa shape index (κ2) is 9.82. The molecule has 8 heteroatoms. The largest absolute Gasteiger partial charge is 0.497 e. The van der Waals surface area contributed by atoms with Crippen LogP contribution in [-0.2, 0) is 4.79 Å². The summed E-state index contributed by atoms with van der Waals surface area (Å²) in [6, 6.07) is 11.1. The van der Waals surface area contributed by atoms with E-state index in [0.29, 0.717) is 22.4 Å². The fourth-order valence-electron chi connectivity index (χ4n) is 2.92. The first-order valence-corrected chi connectivity index (χ1v) is 9.81. The summed E-state index contributed by atoms with van der Waals surface area (Å²) in [6.07, 6.45) is 2.81. The van der Waals surface area contributed by atoms with Crippen LogP contribution in [0.3, 0.4) is 0 Å². The minimum atomic E-state index is -0.773. The average Bonchev–Trinajstić information content (AvgIpc) is 2.76. The van der Waals surface area contributed by atoms with Crippen molar-refractivity contribution in [1.82, 2.24) is 5.32 Å². The highest BCUT2D eigenvalue weighted by Crippen LogP contribution is 2.26. The van der Waals surface area contributed by atoms with E-state index < -0.39 is 17.5 Å². The molecule has 8 nitrogen and oxygen atoms in total. The standard InChI is InChI=1S/C24H23NO7/c1-14(2)25-23(27)19-11-16-6-9-18(13-21(16)32-24(19)28)31-22(26)10-7-15-5-8-17(29-3)12-20(15)30-4/h5-14H,1-4H3,(H,25,27)/b10-7+. The third-order valence-corrected chi connectivity index (χ3v) is 4.43. The van der Waals surface area contributed by atoms with Crippen molar-refractivity contribution in [3.8, 4) is 17.2 Å². The lowest BCUT2D eigenvalue weighted by Crippen LogP contribution is -2.33. The first-order valence-electron chi connectivity index (χ1n) is 9.81. The molecule has 0 unspecified atom stereocenters. The number of ether oxygens (including phenoxy) is 3. The number of carbonyl (C=O) groups is 2. The lowest BCUT2D eigenvalue weighted by molar-refractivity contribution is -0.128. The molecule has 0 fully saturated rings. The Hall–Kier alpha value is -4.07. The Labute approximate surface area is 184 Å². The molecule has 1 amide bonds. The van der Waals surface area contributed by atoms with Gasteiger partial charge in [-0.25, -0.2) is 9.59 Å². The molecule has 2 aromatic carbocycles. The maximum absolute atomic E-state index is 12.2. The van der Waals surface area contributed by atoms with Gasteiger partial charge >= 0.3 is 11.6 Å². The van der Waals surface area contributed by atoms with Crippen molar-refractivity contribution >= 4 is 28.9 Å². The SMILES string of the molecule is COc1ccc(/C=C/C(=O)Oc2ccc3cc(C(=O)NC(C)C)c(=O)oc3c2)c(OC)c1. The van der Waals surface area contributed by atoms with Crippen molar-refractivity contribution in [2.75, 3.05) is 14.2 Å². The van der Waals surface area contributed by atoms with Gasteiger partial charge in [-0.3, -0.25) is 4.79 Å². The number of amides is 1. The molecule has 166 valence electrons. The summed E-state index contributed by atoms with van der Waals surface area (Å²) in [4.78, 5) is 36.6. The minimum absolute atomic E-state index is 0.0904. The van der Waals surface area contributed by atoms with Crippen molar-refractivity contribution in [3.63, 3.8) is 0 Å².